The summed E-state index contributed by atoms with van der Waals surface area (Å²) in [5, 5.41) is 2.02. The molecule has 2 aromatic carbocycles. The van der Waals surface area contributed by atoms with Crippen LogP contribution in [0, 0.1) is 0 Å². The maximum Gasteiger partial charge on any atom is 0.188 e. The lowest BCUT2D eigenvalue weighted by atomic mass is 10.1. The number of anilines is 1. The van der Waals surface area contributed by atoms with E-state index in [4.69, 9.17) is 5.73 Å². The van der Waals surface area contributed by atoms with Gasteiger partial charge in [-0.05, 0) is 29.7 Å². The Balaban J connectivity index is 1.64. The highest BCUT2D eigenvalue weighted by Crippen LogP contribution is 2.17. The zero-order valence-corrected chi connectivity index (χ0v) is 12.3. The van der Waals surface area contributed by atoms with Crippen molar-refractivity contribution in [1.29, 1.82) is 0 Å². The molecule has 0 aliphatic rings. The molecule has 0 fully saturated rings. The van der Waals surface area contributed by atoms with Gasteiger partial charge in [-0.1, -0.05) is 24.3 Å². The highest BCUT2D eigenvalue weighted by Gasteiger charge is 2.12. The number of ketones is 1. The van der Waals surface area contributed by atoms with Crippen LogP contribution in [-0.4, -0.2) is 20.7 Å². The van der Waals surface area contributed by atoms with Crippen LogP contribution < -0.4 is 5.73 Å². The molecule has 0 radical (unpaired) electrons. The van der Waals surface area contributed by atoms with Crippen LogP contribution in [0.4, 0.5) is 5.69 Å². The predicted molar refractivity (Wildman–Crippen MR) is 90.3 cm³/mol. The minimum Gasteiger partial charge on any atom is -0.399 e. The fourth-order valence-corrected chi connectivity index (χ4v) is 2.64. The van der Waals surface area contributed by atoms with Crippen molar-refractivity contribution in [3.05, 3.63) is 66.2 Å². The van der Waals surface area contributed by atoms with Crippen LogP contribution in [0.1, 0.15) is 16.3 Å². The number of aromatic nitrogens is 3. The van der Waals surface area contributed by atoms with Gasteiger partial charge in [0.05, 0.1) is 17.5 Å². The molecule has 4 rings (SSSR count). The predicted octanol–water partition coefficient (Wildman–Crippen LogP) is 3.12. The number of fused-ring (bicyclic) bond motifs is 2. The second-order valence-electron chi connectivity index (χ2n) is 5.48. The average Bonchev–Trinajstić information content (AvgIpc) is 2.95. The number of rotatable bonds is 3. The van der Waals surface area contributed by atoms with Crippen molar-refractivity contribution in [2.45, 2.75) is 6.42 Å². The first-order chi connectivity index (χ1) is 11.2. The number of benzene rings is 2. The van der Waals surface area contributed by atoms with Gasteiger partial charge in [0, 0.05) is 17.3 Å². The summed E-state index contributed by atoms with van der Waals surface area (Å²) in [6.07, 6.45) is 1.90. The molecule has 0 atom stereocenters. The molecular formula is C18H14N4O. The van der Waals surface area contributed by atoms with Crippen LogP contribution in [0.3, 0.4) is 0 Å². The molecule has 0 aliphatic carbocycles. The summed E-state index contributed by atoms with van der Waals surface area (Å²) >= 11 is 0. The summed E-state index contributed by atoms with van der Waals surface area (Å²) in [6.45, 7) is 0. The van der Waals surface area contributed by atoms with E-state index in [1.165, 1.54) is 0 Å². The third-order valence-corrected chi connectivity index (χ3v) is 3.80. The van der Waals surface area contributed by atoms with Gasteiger partial charge in [0.2, 0.25) is 0 Å². The second kappa shape index (κ2) is 5.21. The van der Waals surface area contributed by atoms with Crippen molar-refractivity contribution in [2.75, 3.05) is 5.73 Å². The summed E-state index contributed by atoms with van der Waals surface area (Å²) < 4.78 is 0. The van der Waals surface area contributed by atoms with Gasteiger partial charge in [-0.15, -0.1) is 0 Å². The second-order valence-corrected chi connectivity index (χ2v) is 5.48. The minimum atomic E-state index is -0.0669. The molecule has 0 saturated carbocycles. The number of pyridine rings is 1. The van der Waals surface area contributed by atoms with E-state index in [2.05, 4.69) is 15.0 Å². The molecule has 2 aromatic heterocycles. The lowest BCUT2D eigenvalue weighted by Gasteiger charge is -2.01. The Labute approximate surface area is 132 Å². The van der Waals surface area contributed by atoms with Crippen molar-refractivity contribution in [3.63, 3.8) is 0 Å². The van der Waals surface area contributed by atoms with Gasteiger partial charge in [-0.25, -0.2) is 4.98 Å². The van der Waals surface area contributed by atoms with E-state index in [0.717, 1.165) is 21.8 Å². The highest BCUT2D eigenvalue weighted by molar-refractivity contribution is 5.98. The molecular weight excluding hydrogens is 288 g/mol. The Hall–Kier alpha value is -3.21. The largest absolute Gasteiger partial charge is 0.399 e. The van der Waals surface area contributed by atoms with Gasteiger partial charge in [0.15, 0.2) is 5.78 Å². The normalized spacial score (nSPS) is 11.1. The first-order valence-electron chi connectivity index (χ1n) is 7.31. The Morgan fingerprint density at radius 1 is 1.09 bits per heavy atom. The van der Waals surface area contributed by atoms with Crippen LogP contribution in [-0.2, 0) is 6.42 Å². The molecule has 2 heterocycles. The van der Waals surface area contributed by atoms with E-state index in [0.29, 0.717) is 17.2 Å². The van der Waals surface area contributed by atoms with Crippen molar-refractivity contribution in [1.82, 2.24) is 15.0 Å². The van der Waals surface area contributed by atoms with Gasteiger partial charge >= 0.3 is 0 Å². The number of aromatic amines is 1. The number of carbonyl (C=O) groups excluding carboxylic acids is 1. The number of imidazole rings is 1. The Kier molecular flexibility index (Phi) is 3.05. The van der Waals surface area contributed by atoms with Gasteiger partial charge in [0.25, 0.3) is 0 Å². The molecule has 23 heavy (non-hydrogen) atoms. The van der Waals surface area contributed by atoms with E-state index in [-0.39, 0.29) is 12.2 Å². The van der Waals surface area contributed by atoms with Crippen LogP contribution in [0.15, 0.2) is 54.7 Å². The zero-order valence-electron chi connectivity index (χ0n) is 12.3. The number of nitrogen functional groups attached to an aromatic ring is 1. The molecule has 0 spiro atoms. The van der Waals surface area contributed by atoms with E-state index < -0.39 is 0 Å². The van der Waals surface area contributed by atoms with Gasteiger partial charge in [0.1, 0.15) is 11.5 Å². The number of nitrogens with two attached hydrogens (primary N) is 1. The summed E-state index contributed by atoms with van der Waals surface area (Å²) in [5.74, 6) is 0.549. The van der Waals surface area contributed by atoms with Gasteiger partial charge in [-0.2, -0.15) is 0 Å². The van der Waals surface area contributed by atoms with Crippen molar-refractivity contribution in [2.24, 2.45) is 0 Å². The number of Topliss-reactive ketones (excluding diaryl/α,β-unsaturated/α-hetero) is 1. The number of H-pyrrole nitrogens is 1. The van der Waals surface area contributed by atoms with Gasteiger partial charge < -0.3 is 10.7 Å². The molecule has 0 saturated heterocycles. The standard InChI is InChI=1S/C18H14N4O/c19-13-5-6-14-15(8-13)22-18(21-14)9-17(23)16-7-11-3-1-2-4-12(11)10-20-16/h1-8,10H,9,19H2,(H,21,22). The van der Waals surface area contributed by atoms with E-state index in [1.54, 1.807) is 12.3 Å². The van der Waals surface area contributed by atoms with Crippen LogP contribution in [0.5, 0.6) is 0 Å². The van der Waals surface area contributed by atoms with Crippen LogP contribution in [0.25, 0.3) is 21.8 Å². The van der Waals surface area contributed by atoms with Crippen LogP contribution >= 0.6 is 0 Å². The Bertz CT molecular complexity index is 1040. The van der Waals surface area contributed by atoms with Crippen molar-refractivity contribution in [3.8, 4) is 0 Å². The summed E-state index contributed by atoms with van der Waals surface area (Å²) in [5.41, 5.74) is 8.50. The van der Waals surface area contributed by atoms with Crippen molar-refractivity contribution >= 4 is 33.3 Å². The molecule has 3 N–H and O–H groups in total. The van der Waals surface area contributed by atoms with E-state index >= 15 is 0 Å². The summed E-state index contributed by atoms with van der Waals surface area (Å²) in [7, 11) is 0. The number of nitrogens with one attached hydrogen (secondary N) is 1. The smallest absolute Gasteiger partial charge is 0.188 e. The quantitative estimate of drug-likeness (QED) is 0.450. The fraction of sp³-hybridized carbons (Fsp3) is 0.0556. The molecule has 0 bridgehead atoms. The number of nitrogens with zero attached hydrogens (tertiary/aromatic N) is 2. The average molecular weight is 302 g/mol. The van der Waals surface area contributed by atoms with Gasteiger partial charge in [-0.3, -0.25) is 9.78 Å². The number of hydrogen-bond acceptors (Lipinski definition) is 4. The topological polar surface area (TPSA) is 84.7 Å². The molecule has 112 valence electrons. The first kappa shape index (κ1) is 13.5. The molecule has 4 aromatic rings. The third-order valence-electron chi connectivity index (χ3n) is 3.80. The molecule has 5 heteroatoms. The first-order valence-corrected chi connectivity index (χ1v) is 7.31. The minimum absolute atomic E-state index is 0.0669. The molecule has 0 aliphatic heterocycles. The maximum absolute atomic E-state index is 12.5. The number of carbonyl (C=O) groups is 1. The highest BCUT2D eigenvalue weighted by atomic mass is 16.1. The lowest BCUT2D eigenvalue weighted by Crippen LogP contribution is -2.07. The zero-order chi connectivity index (χ0) is 15.8. The monoisotopic (exact) mass is 302 g/mol. The number of hydrogen-bond donors (Lipinski definition) is 2. The maximum atomic E-state index is 12.5. The summed E-state index contributed by atoms with van der Waals surface area (Å²) in [6, 6.07) is 15.1. The van der Waals surface area contributed by atoms with E-state index in [1.807, 2.05) is 42.5 Å². The SMILES string of the molecule is Nc1ccc2nc(CC(=O)c3cc4ccccc4cn3)[nH]c2c1. The fourth-order valence-electron chi connectivity index (χ4n) is 2.64. The lowest BCUT2D eigenvalue weighted by molar-refractivity contribution is 0.0986. The van der Waals surface area contributed by atoms with Crippen LogP contribution in [0.2, 0.25) is 0 Å². The Morgan fingerprint density at radius 2 is 1.91 bits per heavy atom. The Morgan fingerprint density at radius 3 is 2.78 bits per heavy atom. The summed E-state index contributed by atoms with van der Waals surface area (Å²) in [4.78, 5) is 24.3. The molecule has 0 unspecified atom stereocenters. The third kappa shape index (κ3) is 2.53. The molecule has 5 nitrogen and oxygen atoms in total. The van der Waals surface area contributed by atoms with Crippen molar-refractivity contribution < 1.29 is 4.79 Å². The molecule has 0 amide bonds. The van der Waals surface area contributed by atoms with E-state index in [9.17, 15) is 4.79 Å².